The first kappa shape index (κ1) is 22.8. The van der Waals surface area contributed by atoms with Gasteiger partial charge < -0.3 is 10.2 Å². The summed E-state index contributed by atoms with van der Waals surface area (Å²) in [6, 6.07) is 4.89. The Kier molecular flexibility index (Phi) is 5.59. The molecule has 1 aromatic heterocycles. The molecule has 0 spiro atoms. The first-order valence-corrected chi connectivity index (χ1v) is 12.1. The van der Waals surface area contributed by atoms with Crippen molar-refractivity contribution in [3.63, 3.8) is 0 Å². The maximum atomic E-state index is 13.4. The van der Waals surface area contributed by atoms with E-state index in [0.717, 1.165) is 23.7 Å². The van der Waals surface area contributed by atoms with Gasteiger partial charge in [0, 0.05) is 18.1 Å². The lowest BCUT2D eigenvalue weighted by Crippen LogP contribution is -2.47. The van der Waals surface area contributed by atoms with Crippen molar-refractivity contribution < 1.29 is 26.4 Å². The largest absolute Gasteiger partial charge is 0.417 e. The number of rotatable bonds is 5. The summed E-state index contributed by atoms with van der Waals surface area (Å²) in [6.45, 7) is -0.280. The number of nitriles is 1. The lowest BCUT2D eigenvalue weighted by molar-refractivity contribution is -0.139. The summed E-state index contributed by atoms with van der Waals surface area (Å²) in [5, 5.41) is 10.6. The molecule has 0 bridgehead atoms. The van der Waals surface area contributed by atoms with Gasteiger partial charge in [-0.25, -0.2) is 8.42 Å². The van der Waals surface area contributed by atoms with Crippen molar-refractivity contribution in [3.05, 3.63) is 35.1 Å². The highest BCUT2D eigenvalue weighted by Crippen LogP contribution is 2.40. The molecule has 0 radical (unpaired) electrons. The van der Waals surface area contributed by atoms with Crippen molar-refractivity contribution in [1.29, 1.82) is 5.26 Å². The fourth-order valence-corrected chi connectivity index (χ4v) is 6.41. The van der Waals surface area contributed by atoms with E-state index in [1.165, 1.54) is 11.0 Å². The van der Waals surface area contributed by atoms with Crippen LogP contribution >= 0.6 is 23.1 Å². The van der Waals surface area contributed by atoms with Crippen molar-refractivity contribution in [2.45, 2.75) is 47.2 Å². The van der Waals surface area contributed by atoms with Crippen molar-refractivity contribution in [3.8, 4) is 6.07 Å². The summed E-state index contributed by atoms with van der Waals surface area (Å²) in [4.78, 5) is 17.4. The van der Waals surface area contributed by atoms with Crippen molar-refractivity contribution >= 4 is 44.0 Å². The fraction of sp³-hybridized carbons (Fsp3) is 0.444. The van der Waals surface area contributed by atoms with Crippen LogP contribution in [0.3, 0.4) is 0 Å². The van der Waals surface area contributed by atoms with Crippen LogP contribution in [0.5, 0.6) is 0 Å². The molecule has 1 aliphatic carbocycles. The van der Waals surface area contributed by atoms with E-state index in [4.69, 9.17) is 11.6 Å². The van der Waals surface area contributed by atoms with E-state index in [9.17, 15) is 31.6 Å². The molecule has 1 aliphatic heterocycles. The number of halogens is 4. The molecule has 4 rings (SSSR count). The van der Waals surface area contributed by atoms with E-state index < -0.39 is 49.2 Å². The molecule has 170 valence electrons. The van der Waals surface area contributed by atoms with Gasteiger partial charge in [0.05, 0.1) is 21.8 Å². The molecular formula is C18H15ClF3N5O3S2. The van der Waals surface area contributed by atoms with Gasteiger partial charge in [0.2, 0.25) is 16.3 Å². The molecule has 1 saturated heterocycles. The Hall–Kier alpha value is -2.43. The Morgan fingerprint density at radius 1 is 1.34 bits per heavy atom. The predicted octanol–water partition coefficient (Wildman–Crippen LogP) is 2.80. The number of aromatic nitrogens is 2. The van der Waals surface area contributed by atoms with E-state index >= 15 is 0 Å². The lowest BCUT2D eigenvalue weighted by Gasteiger charge is -2.23. The molecule has 2 aromatic rings. The second kappa shape index (κ2) is 7.86. The number of benzene rings is 1. The third-order valence-electron chi connectivity index (χ3n) is 5.47. The van der Waals surface area contributed by atoms with Gasteiger partial charge in [-0.2, -0.15) is 27.8 Å². The maximum absolute atomic E-state index is 13.4. The average Bonchev–Trinajstić information content (AvgIpc) is 3.15. The molecule has 32 heavy (non-hydrogen) atoms. The standard InChI is InChI=1S/C18H15ClF3N5O3S2/c19-15-24-16(31-26-15)27-8-10(7-12(27)14(28)25-17(9-23)5-6-17)32(29,30)13-4-2-1-3-11(13)18(20,21)22/h1-4,10,12H,5-8H2,(H,25,28)/t10-,12+/m1/s1. The van der Waals surface area contributed by atoms with Gasteiger partial charge in [-0.15, -0.1) is 0 Å². The zero-order valence-corrected chi connectivity index (χ0v) is 18.5. The highest BCUT2D eigenvalue weighted by Gasteiger charge is 2.50. The molecule has 1 aromatic carbocycles. The van der Waals surface area contributed by atoms with E-state index in [2.05, 4.69) is 14.7 Å². The summed E-state index contributed by atoms with van der Waals surface area (Å²) in [7, 11) is -4.47. The Morgan fingerprint density at radius 2 is 2.03 bits per heavy atom. The van der Waals surface area contributed by atoms with Crippen LogP contribution in [0, 0.1) is 11.3 Å². The molecule has 0 unspecified atom stereocenters. The van der Waals surface area contributed by atoms with Gasteiger partial charge >= 0.3 is 6.18 Å². The molecule has 2 heterocycles. The summed E-state index contributed by atoms with van der Waals surface area (Å²) in [6.07, 6.45) is -4.21. The minimum absolute atomic E-state index is 0.103. The summed E-state index contributed by atoms with van der Waals surface area (Å²) < 4.78 is 70.6. The van der Waals surface area contributed by atoms with E-state index in [-0.39, 0.29) is 23.4 Å². The van der Waals surface area contributed by atoms with Crippen LogP contribution in [0.25, 0.3) is 0 Å². The summed E-state index contributed by atoms with van der Waals surface area (Å²) in [5.41, 5.74) is -2.26. The zero-order valence-electron chi connectivity index (χ0n) is 16.1. The van der Waals surface area contributed by atoms with Gasteiger partial charge in [-0.05, 0) is 43.0 Å². The minimum atomic E-state index is -4.86. The number of nitrogens with one attached hydrogen (secondary N) is 1. The second-order valence-electron chi connectivity index (χ2n) is 7.59. The Bertz CT molecular complexity index is 1210. The fourth-order valence-electron chi connectivity index (χ4n) is 3.63. The molecule has 1 N–H and O–H groups in total. The van der Waals surface area contributed by atoms with Crippen molar-refractivity contribution in [2.75, 3.05) is 11.4 Å². The molecule has 8 nitrogen and oxygen atoms in total. The number of nitrogens with zero attached hydrogens (tertiary/aromatic N) is 4. The monoisotopic (exact) mass is 505 g/mol. The average molecular weight is 506 g/mol. The number of alkyl halides is 3. The number of carbonyl (C=O) groups is 1. The number of anilines is 1. The normalized spacial score (nSPS) is 22.4. The molecular weight excluding hydrogens is 491 g/mol. The number of carbonyl (C=O) groups excluding carboxylic acids is 1. The van der Waals surface area contributed by atoms with Crippen LogP contribution < -0.4 is 10.2 Å². The molecule has 2 aliphatic rings. The third kappa shape index (κ3) is 4.14. The van der Waals surface area contributed by atoms with Gasteiger partial charge in [-0.3, -0.25) is 4.79 Å². The van der Waals surface area contributed by atoms with E-state index in [0.29, 0.717) is 18.9 Å². The Morgan fingerprint density at radius 3 is 2.59 bits per heavy atom. The van der Waals surface area contributed by atoms with Crippen LogP contribution in [0.4, 0.5) is 18.3 Å². The van der Waals surface area contributed by atoms with Crippen LogP contribution in [-0.4, -0.2) is 47.1 Å². The minimum Gasteiger partial charge on any atom is -0.336 e. The predicted molar refractivity (Wildman–Crippen MR) is 109 cm³/mol. The molecule has 1 saturated carbocycles. The smallest absolute Gasteiger partial charge is 0.336 e. The SMILES string of the molecule is N#CC1(NC(=O)[C@@H]2C[C@@H](S(=O)(=O)c3ccccc3C(F)(F)F)CN2c2nc(Cl)ns2)CC1. The van der Waals surface area contributed by atoms with Gasteiger partial charge in [0.1, 0.15) is 11.6 Å². The second-order valence-corrected chi connectivity index (χ2v) is 10.9. The summed E-state index contributed by atoms with van der Waals surface area (Å²) >= 11 is 6.61. The Labute approximate surface area is 190 Å². The quantitative estimate of drug-likeness (QED) is 0.664. The van der Waals surface area contributed by atoms with E-state index in [1.807, 2.05) is 6.07 Å². The van der Waals surface area contributed by atoms with Crippen LogP contribution in [-0.2, 0) is 20.8 Å². The van der Waals surface area contributed by atoms with Gasteiger partial charge in [-0.1, -0.05) is 12.1 Å². The lowest BCUT2D eigenvalue weighted by atomic mass is 10.2. The molecule has 2 fully saturated rings. The summed E-state index contributed by atoms with van der Waals surface area (Å²) in [5.74, 6) is -0.600. The Balaban J connectivity index is 1.69. The highest BCUT2D eigenvalue weighted by atomic mass is 35.5. The maximum Gasteiger partial charge on any atom is 0.417 e. The van der Waals surface area contributed by atoms with Crippen LogP contribution in [0.2, 0.25) is 5.28 Å². The van der Waals surface area contributed by atoms with Crippen molar-refractivity contribution in [2.24, 2.45) is 0 Å². The molecule has 14 heteroatoms. The first-order valence-electron chi connectivity index (χ1n) is 9.36. The van der Waals surface area contributed by atoms with Crippen LogP contribution in [0.15, 0.2) is 29.2 Å². The third-order valence-corrected chi connectivity index (χ3v) is 8.68. The number of sulfone groups is 1. The molecule has 1 amide bonds. The van der Waals surface area contributed by atoms with E-state index in [1.54, 1.807) is 0 Å². The topological polar surface area (TPSA) is 116 Å². The number of hydrogen-bond acceptors (Lipinski definition) is 8. The number of amides is 1. The van der Waals surface area contributed by atoms with Crippen molar-refractivity contribution in [1.82, 2.24) is 14.7 Å². The van der Waals surface area contributed by atoms with Crippen LogP contribution in [0.1, 0.15) is 24.8 Å². The molecule has 2 atom stereocenters. The van der Waals surface area contributed by atoms with Gasteiger partial charge in [0.15, 0.2) is 9.84 Å². The van der Waals surface area contributed by atoms with Gasteiger partial charge in [0.25, 0.3) is 0 Å². The zero-order chi connectivity index (χ0) is 23.3. The highest BCUT2D eigenvalue weighted by molar-refractivity contribution is 7.92. The first-order chi connectivity index (χ1) is 15.0. The number of hydrogen-bond donors (Lipinski definition) is 1.